The van der Waals surface area contributed by atoms with Crippen LogP contribution in [0.15, 0.2) is 46.9 Å². The van der Waals surface area contributed by atoms with Gasteiger partial charge in [-0.05, 0) is 97.5 Å². The number of rotatable bonds is 10. The van der Waals surface area contributed by atoms with Gasteiger partial charge >= 0.3 is 0 Å². The predicted molar refractivity (Wildman–Crippen MR) is 140 cm³/mol. The lowest BCUT2D eigenvalue weighted by atomic mass is 10.2. The molecule has 0 atom stereocenters. The van der Waals surface area contributed by atoms with Crippen molar-refractivity contribution in [3.05, 3.63) is 58.1 Å². The van der Waals surface area contributed by atoms with E-state index in [1.54, 1.807) is 42.5 Å². The van der Waals surface area contributed by atoms with Gasteiger partial charge in [0.1, 0.15) is 5.75 Å². The summed E-state index contributed by atoms with van der Waals surface area (Å²) in [7, 11) is 0. The Balaban J connectivity index is 1.87. The third-order valence-electron chi connectivity index (χ3n) is 4.80. The quantitative estimate of drug-likeness (QED) is 0.391. The number of anilines is 1. The number of hydrogen-bond donors (Lipinski definition) is 3. The van der Waals surface area contributed by atoms with Crippen LogP contribution in [-0.2, 0) is 0 Å². The van der Waals surface area contributed by atoms with E-state index < -0.39 is 0 Å². The third-order valence-corrected chi connectivity index (χ3v) is 5.62. The van der Waals surface area contributed by atoms with Gasteiger partial charge in [-0.15, -0.1) is 0 Å². The maximum atomic E-state index is 12.5. The van der Waals surface area contributed by atoms with Gasteiger partial charge in [-0.1, -0.05) is 13.8 Å². The molecule has 0 saturated heterocycles. The van der Waals surface area contributed by atoms with Gasteiger partial charge in [-0.25, -0.2) is 0 Å². The van der Waals surface area contributed by atoms with Crippen LogP contribution in [0.1, 0.15) is 48.4 Å². The molecule has 0 bridgehead atoms. The number of nitrogens with zero attached hydrogens (tertiary/aromatic N) is 1. The molecule has 0 unspecified atom stereocenters. The second-order valence-electron chi connectivity index (χ2n) is 7.58. The normalized spacial score (nSPS) is 10.8. The first kappa shape index (κ1) is 26.8. The smallest absolute Gasteiger partial charge is 0.257 e. The lowest BCUT2D eigenvalue weighted by molar-refractivity contribution is 0.0946. The molecule has 0 aliphatic rings. The van der Waals surface area contributed by atoms with Crippen molar-refractivity contribution in [2.24, 2.45) is 0 Å². The van der Waals surface area contributed by atoms with Crippen LogP contribution in [0, 0.1) is 0 Å². The van der Waals surface area contributed by atoms with E-state index in [9.17, 15) is 9.59 Å². The SMILES string of the molecule is CCN(CC)CCNC(=O)c1ccc(NC(=S)NC(=O)c2ccc(OC(C)C)c(Br)c2)cc1. The van der Waals surface area contributed by atoms with Crippen molar-refractivity contribution in [3.63, 3.8) is 0 Å². The molecular formula is C24H31BrN4O3S. The van der Waals surface area contributed by atoms with Crippen molar-refractivity contribution in [1.29, 1.82) is 0 Å². The van der Waals surface area contributed by atoms with Gasteiger partial charge in [0.2, 0.25) is 0 Å². The lowest BCUT2D eigenvalue weighted by Gasteiger charge is -2.18. The largest absolute Gasteiger partial charge is 0.490 e. The molecule has 9 heteroatoms. The summed E-state index contributed by atoms with van der Waals surface area (Å²) in [6.45, 7) is 11.4. The topological polar surface area (TPSA) is 82.7 Å². The van der Waals surface area contributed by atoms with Gasteiger partial charge in [-0.2, -0.15) is 0 Å². The van der Waals surface area contributed by atoms with Gasteiger partial charge in [0.15, 0.2) is 5.11 Å². The minimum absolute atomic E-state index is 0.0303. The van der Waals surface area contributed by atoms with Crippen LogP contribution in [0.25, 0.3) is 0 Å². The summed E-state index contributed by atoms with van der Waals surface area (Å²) < 4.78 is 6.35. The number of hydrogen-bond acceptors (Lipinski definition) is 5. The molecule has 0 aliphatic heterocycles. The zero-order valence-electron chi connectivity index (χ0n) is 19.4. The number of thiocarbonyl (C=S) groups is 1. The van der Waals surface area contributed by atoms with Crippen molar-refractivity contribution in [2.75, 3.05) is 31.5 Å². The maximum Gasteiger partial charge on any atom is 0.257 e. The molecule has 0 aliphatic carbocycles. The predicted octanol–water partition coefficient (Wildman–Crippen LogP) is 4.43. The molecule has 178 valence electrons. The zero-order valence-corrected chi connectivity index (χ0v) is 21.8. The number of carbonyl (C=O) groups excluding carboxylic acids is 2. The zero-order chi connectivity index (χ0) is 24.4. The average molecular weight is 536 g/mol. The summed E-state index contributed by atoms with van der Waals surface area (Å²) in [6.07, 6.45) is 0.0303. The number of carbonyl (C=O) groups is 2. The van der Waals surface area contributed by atoms with Crippen LogP contribution < -0.4 is 20.7 Å². The molecule has 2 aromatic carbocycles. The van der Waals surface area contributed by atoms with E-state index in [2.05, 4.69) is 50.6 Å². The standard InChI is InChI=1S/C24H31BrN4O3S/c1-5-29(6-2)14-13-26-22(30)17-7-10-19(11-8-17)27-24(33)28-23(31)18-9-12-21(20(25)15-18)32-16(3)4/h7-12,15-16H,5-6,13-14H2,1-4H3,(H,26,30)(H2,27,28,31,33). The highest BCUT2D eigenvalue weighted by Gasteiger charge is 2.12. The van der Waals surface area contributed by atoms with Crippen molar-refractivity contribution in [1.82, 2.24) is 15.5 Å². The monoisotopic (exact) mass is 534 g/mol. The van der Waals surface area contributed by atoms with Crippen LogP contribution in [0.5, 0.6) is 5.75 Å². The summed E-state index contributed by atoms with van der Waals surface area (Å²) in [5.74, 6) is 0.202. The number of ether oxygens (including phenoxy) is 1. The maximum absolute atomic E-state index is 12.5. The molecule has 0 saturated carbocycles. The molecular weight excluding hydrogens is 504 g/mol. The highest BCUT2D eigenvalue weighted by atomic mass is 79.9. The summed E-state index contributed by atoms with van der Waals surface area (Å²) in [6, 6.07) is 12.0. The van der Waals surface area contributed by atoms with E-state index in [-0.39, 0.29) is 23.0 Å². The van der Waals surface area contributed by atoms with Gasteiger partial charge < -0.3 is 20.3 Å². The van der Waals surface area contributed by atoms with E-state index in [1.807, 2.05) is 13.8 Å². The second-order valence-corrected chi connectivity index (χ2v) is 8.84. The van der Waals surface area contributed by atoms with Gasteiger partial charge in [0, 0.05) is 29.9 Å². The van der Waals surface area contributed by atoms with Crippen LogP contribution in [0.2, 0.25) is 0 Å². The van der Waals surface area contributed by atoms with Crippen LogP contribution in [0.3, 0.4) is 0 Å². The molecule has 0 radical (unpaired) electrons. The van der Waals surface area contributed by atoms with Gasteiger partial charge in [0.25, 0.3) is 11.8 Å². The highest BCUT2D eigenvalue weighted by molar-refractivity contribution is 9.10. The second kappa shape index (κ2) is 13.3. The first-order chi connectivity index (χ1) is 15.7. The summed E-state index contributed by atoms with van der Waals surface area (Å²) in [5.41, 5.74) is 1.67. The number of likely N-dealkylation sites (N-methyl/N-ethyl adjacent to an activating group) is 1. The Morgan fingerprint density at radius 1 is 1.03 bits per heavy atom. The van der Waals surface area contributed by atoms with Crippen LogP contribution >= 0.6 is 28.1 Å². The number of halogens is 1. The molecule has 0 heterocycles. The fourth-order valence-corrected chi connectivity index (χ4v) is 3.69. The van der Waals surface area contributed by atoms with Crippen molar-refractivity contribution < 1.29 is 14.3 Å². The average Bonchev–Trinajstić information content (AvgIpc) is 2.78. The molecule has 0 aromatic heterocycles. The summed E-state index contributed by atoms with van der Waals surface area (Å²) >= 11 is 8.68. The Morgan fingerprint density at radius 3 is 2.24 bits per heavy atom. The van der Waals surface area contributed by atoms with E-state index in [1.165, 1.54) is 0 Å². The molecule has 2 amide bonds. The third kappa shape index (κ3) is 8.75. The van der Waals surface area contributed by atoms with Gasteiger partial charge in [-0.3, -0.25) is 14.9 Å². The molecule has 0 spiro atoms. The van der Waals surface area contributed by atoms with Gasteiger partial charge in [0.05, 0.1) is 10.6 Å². The fraction of sp³-hybridized carbons (Fsp3) is 0.375. The molecule has 2 aromatic rings. The van der Waals surface area contributed by atoms with Crippen molar-refractivity contribution in [2.45, 2.75) is 33.8 Å². The molecule has 7 nitrogen and oxygen atoms in total. The van der Waals surface area contributed by atoms with Crippen LogP contribution in [-0.4, -0.2) is 54.1 Å². The summed E-state index contributed by atoms with van der Waals surface area (Å²) in [5, 5.41) is 8.70. The molecule has 0 fully saturated rings. The fourth-order valence-electron chi connectivity index (χ4n) is 3.00. The Kier molecular flexibility index (Phi) is 10.8. The van der Waals surface area contributed by atoms with Crippen molar-refractivity contribution >= 4 is 50.8 Å². The Morgan fingerprint density at radius 2 is 1.67 bits per heavy atom. The molecule has 33 heavy (non-hydrogen) atoms. The van der Waals surface area contributed by atoms with Crippen molar-refractivity contribution in [3.8, 4) is 5.75 Å². The minimum atomic E-state index is -0.339. The lowest BCUT2D eigenvalue weighted by Crippen LogP contribution is -2.35. The Bertz CT molecular complexity index is 963. The summed E-state index contributed by atoms with van der Waals surface area (Å²) in [4.78, 5) is 27.1. The number of nitrogens with one attached hydrogen (secondary N) is 3. The van der Waals surface area contributed by atoms with E-state index in [0.717, 1.165) is 19.6 Å². The minimum Gasteiger partial charge on any atom is -0.490 e. The first-order valence-corrected chi connectivity index (χ1v) is 12.1. The van der Waals surface area contributed by atoms with E-state index >= 15 is 0 Å². The van der Waals surface area contributed by atoms with E-state index in [4.69, 9.17) is 17.0 Å². The number of amides is 2. The highest BCUT2D eigenvalue weighted by Crippen LogP contribution is 2.27. The van der Waals surface area contributed by atoms with E-state index in [0.29, 0.717) is 33.6 Å². The molecule has 2 rings (SSSR count). The van der Waals surface area contributed by atoms with Crippen LogP contribution in [0.4, 0.5) is 5.69 Å². The Labute approximate surface area is 209 Å². The molecule has 3 N–H and O–H groups in total. The Hall–Kier alpha value is -2.49. The first-order valence-electron chi connectivity index (χ1n) is 10.9. The number of benzene rings is 2.